The number of urea groups is 1. The summed E-state index contributed by atoms with van der Waals surface area (Å²) < 4.78 is 1.33. The molecule has 3 heterocycles. The fourth-order valence-electron chi connectivity index (χ4n) is 3.29. The Morgan fingerprint density at radius 2 is 1.90 bits per heavy atom. The van der Waals surface area contributed by atoms with Gasteiger partial charge in [0.05, 0.1) is 16.6 Å². The fraction of sp³-hybridized carbons (Fsp3) is 0.211. The Bertz CT molecular complexity index is 1230. The standard InChI is InChI=1S/C19H17N5O4S/c1-10-12-15(20-9-23(3)16(12)26)29-13(10)14(25)22-24-17(27)19(2,21-18(24)28)11-7-5-4-6-8-11/h4-9H,1-3H3,(H,21,28)(H,22,25). The Kier molecular flexibility index (Phi) is 4.23. The van der Waals surface area contributed by atoms with Crippen molar-refractivity contribution in [3.63, 3.8) is 0 Å². The van der Waals surface area contributed by atoms with Crippen LogP contribution in [0, 0.1) is 6.92 Å². The van der Waals surface area contributed by atoms with E-state index in [9.17, 15) is 19.2 Å². The number of hydrogen-bond donors (Lipinski definition) is 2. The van der Waals surface area contributed by atoms with Crippen LogP contribution in [0.5, 0.6) is 0 Å². The van der Waals surface area contributed by atoms with Crippen molar-refractivity contribution in [2.24, 2.45) is 7.05 Å². The number of amides is 4. The van der Waals surface area contributed by atoms with Crippen molar-refractivity contribution < 1.29 is 14.4 Å². The zero-order chi connectivity index (χ0) is 20.9. The largest absolute Gasteiger partial charge is 0.344 e. The molecule has 0 aliphatic carbocycles. The van der Waals surface area contributed by atoms with Crippen LogP contribution in [0.2, 0.25) is 0 Å². The molecule has 4 amide bonds. The minimum Gasteiger partial charge on any atom is -0.318 e. The quantitative estimate of drug-likeness (QED) is 0.633. The first-order valence-electron chi connectivity index (χ1n) is 8.72. The number of aryl methyl sites for hydroxylation is 2. The summed E-state index contributed by atoms with van der Waals surface area (Å²) in [7, 11) is 1.57. The van der Waals surface area contributed by atoms with Crippen LogP contribution in [-0.4, -0.2) is 32.4 Å². The summed E-state index contributed by atoms with van der Waals surface area (Å²) in [6.07, 6.45) is 1.38. The maximum absolute atomic E-state index is 12.9. The van der Waals surface area contributed by atoms with Gasteiger partial charge in [-0.25, -0.2) is 9.78 Å². The number of hydrazine groups is 1. The lowest BCUT2D eigenvalue weighted by molar-refractivity contribution is -0.132. The van der Waals surface area contributed by atoms with Gasteiger partial charge in [0.25, 0.3) is 17.4 Å². The Morgan fingerprint density at radius 1 is 1.21 bits per heavy atom. The summed E-state index contributed by atoms with van der Waals surface area (Å²) in [5.41, 5.74) is 1.85. The number of aromatic nitrogens is 2. The molecule has 0 saturated carbocycles. The van der Waals surface area contributed by atoms with Crippen LogP contribution in [0.1, 0.15) is 27.7 Å². The minimum atomic E-state index is -1.29. The zero-order valence-electron chi connectivity index (χ0n) is 15.8. The van der Waals surface area contributed by atoms with E-state index in [0.717, 1.165) is 11.3 Å². The second kappa shape index (κ2) is 6.52. The van der Waals surface area contributed by atoms with Gasteiger partial charge in [-0.05, 0) is 25.0 Å². The molecule has 148 valence electrons. The molecule has 4 rings (SSSR count). The molecule has 1 saturated heterocycles. The number of rotatable bonds is 3. The molecule has 0 spiro atoms. The number of fused-ring (bicyclic) bond motifs is 1. The maximum Gasteiger partial charge on any atom is 0.344 e. The summed E-state index contributed by atoms with van der Waals surface area (Å²) >= 11 is 1.03. The topological polar surface area (TPSA) is 113 Å². The van der Waals surface area contributed by atoms with Crippen molar-refractivity contribution in [2.45, 2.75) is 19.4 Å². The number of imide groups is 1. The average Bonchev–Trinajstić information content (AvgIpc) is 3.15. The molecule has 1 aromatic carbocycles. The molecule has 10 heteroatoms. The second-order valence-electron chi connectivity index (χ2n) is 6.90. The average molecular weight is 411 g/mol. The van der Waals surface area contributed by atoms with Crippen LogP contribution in [0.15, 0.2) is 41.5 Å². The molecule has 1 aliphatic rings. The van der Waals surface area contributed by atoms with E-state index in [0.29, 0.717) is 26.4 Å². The summed E-state index contributed by atoms with van der Waals surface area (Å²) in [5.74, 6) is -1.26. The van der Waals surface area contributed by atoms with Gasteiger partial charge >= 0.3 is 6.03 Å². The van der Waals surface area contributed by atoms with Crippen molar-refractivity contribution >= 4 is 39.4 Å². The van der Waals surface area contributed by atoms with E-state index in [2.05, 4.69) is 15.7 Å². The van der Waals surface area contributed by atoms with E-state index in [1.54, 1.807) is 51.2 Å². The van der Waals surface area contributed by atoms with Gasteiger partial charge in [0.15, 0.2) is 0 Å². The van der Waals surface area contributed by atoms with Crippen LogP contribution in [0.4, 0.5) is 4.79 Å². The summed E-state index contributed by atoms with van der Waals surface area (Å²) in [6, 6.07) is 8.03. The molecule has 1 fully saturated rings. The molecule has 29 heavy (non-hydrogen) atoms. The van der Waals surface area contributed by atoms with E-state index >= 15 is 0 Å². The molecule has 0 bridgehead atoms. The highest BCUT2D eigenvalue weighted by Gasteiger charge is 2.50. The Labute approximate surface area is 168 Å². The lowest BCUT2D eigenvalue weighted by Crippen LogP contribution is -2.47. The Hall–Kier alpha value is -3.53. The number of hydrogen-bond acceptors (Lipinski definition) is 6. The summed E-state index contributed by atoms with van der Waals surface area (Å²) in [4.78, 5) is 55.3. The van der Waals surface area contributed by atoms with Gasteiger partial charge in [-0.3, -0.25) is 19.8 Å². The number of nitrogens with zero attached hydrogens (tertiary/aromatic N) is 3. The van der Waals surface area contributed by atoms with Crippen LogP contribution in [0.3, 0.4) is 0 Å². The lowest BCUT2D eigenvalue weighted by Gasteiger charge is -2.22. The van der Waals surface area contributed by atoms with E-state index in [1.807, 2.05) is 0 Å². The molecular formula is C19H17N5O4S. The van der Waals surface area contributed by atoms with Gasteiger partial charge in [0.1, 0.15) is 10.4 Å². The molecule has 2 aromatic heterocycles. The van der Waals surface area contributed by atoms with Gasteiger partial charge < -0.3 is 9.88 Å². The van der Waals surface area contributed by atoms with Crippen LogP contribution < -0.4 is 16.3 Å². The first-order chi connectivity index (χ1) is 13.7. The predicted molar refractivity (Wildman–Crippen MR) is 106 cm³/mol. The van der Waals surface area contributed by atoms with Crippen LogP contribution >= 0.6 is 11.3 Å². The van der Waals surface area contributed by atoms with Gasteiger partial charge in [-0.1, -0.05) is 30.3 Å². The summed E-state index contributed by atoms with van der Waals surface area (Å²) in [5, 5.41) is 3.64. The molecule has 1 aliphatic heterocycles. The number of benzene rings is 1. The molecule has 1 unspecified atom stereocenters. The monoisotopic (exact) mass is 411 g/mol. The fourth-order valence-corrected chi connectivity index (χ4v) is 4.31. The highest BCUT2D eigenvalue weighted by atomic mass is 32.1. The predicted octanol–water partition coefficient (Wildman–Crippen LogP) is 1.42. The van der Waals surface area contributed by atoms with Crippen LogP contribution in [-0.2, 0) is 17.4 Å². The van der Waals surface area contributed by atoms with Crippen molar-refractivity contribution in [3.05, 3.63) is 63.0 Å². The van der Waals surface area contributed by atoms with E-state index in [1.165, 1.54) is 10.9 Å². The lowest BCUT2D eigenvalue weighted by atomic mass is 9.92. The highest BCUT2D eigenvalue weighted by Crippen LogP contribution is 2.29. The molecule has 2 N–H and O–H groups in total. The molecule has 9 nitrogen and oxygen atoms in total. The van der Waals surface area contributed by atoms with Gasteiger partial charge in [-0.2, -0.15) is 5.01 Å². The minimum absolute atomic E-state index is 0.213. The number of thiophene rings is 1. The van der Waals surface area contributed by atoms with E-state index < -0.39 is 23.4 Å². The molecule has 1 atom stereocenters. The van der Waals surface area contributed by atoms with Crippen molar-refractivity contribution in [2.75, 3.05) is 0 Å². The van der Waals surface area contributed by atoms with E-state index in [4.69, 9.17) is 0 Å². The first kappa shape index (κ1) is 18.8. The normalized spacial score (nSPS) is 18.9. The maximum atomic E-state index is 12.9. The Morgan fingerprint density at radius 3 is 2.59 bits per heavy atom. The SMILES string of the molecule is Cc1c(C(=O)NN2C(=O)NC(C)(c3ccccc3)C2=O)sc2ncn(C)c(=O)c12. The molecule has 3 aromatic rings. The third-order valence-electron chi connectivity index (χ3n) is 4.97. The van der Waals surface area contributed by atoms with Gasteiger partial charge in [-0.15, -0.1) is 11.3 Å². The first-order valence-corrected chi connectivity index (χ1v) is 9.53. The van der Waals surface area contributed by atoms with Gasteiger partial charge in [0, 0.05) is 7.05 Å². The molecular weight excluding hydrogens is 394 g/mol. The smallest absolute Gasteiger partial charge is 0.318 e. The number of nitrogens with one attached hydrogen (secondary N) is 2. The van der Waals surface area contributed by atoms with E-state index in [-0.39, 0.29) is 10.4 Å². The third kappa shape index (κ3) is 2.80. The summed E-state index contributed by atoms with van der Waals surface area (Å²) in [6.45, 7) is 3.21. The molecule has 0 radical (unpaired) electrons. The third-order valence-corrected chi connectivity index (χ3v) is 6.17. The van der Waals surface area contributed by atoms with Gasteiger partial charge in [0.2, 0.25) is 0 Å². The number of carbonyl (C=O) groups is 3. The van der Waals surface area contributed by atoms with Crippen molar-refractivity contribution in [1.29, 1.82) is 0 Å². The zero-order valence-corrected chi connectivity index (χ0v) is 16.7. The second-order valence-corrected chi connectivity index (χ2v) is 7.90. The highest BCUT2D eigenvalue weighted by molar-refractivity contribution is 7.20. The number of carbonyl (C=O) groups excluding carboxylic acids is 3. The van der Waals surface area contributed by atoms with Crippen LogP contribution in [0.25, 0.3) is 10.2 Å². The van der Waals surface area contributed by atoms with Crippen molar-refractivity contribution in [1.82, 2.24) is 25.3 Å². The Balaban J connectivity index is 1.66. The van der Waals surface area contributed by atoms with Crippen molar-refractivity contribution in [3.8, 4) is 0 Å².